The molecule has 0 aromatic carbocycles. The fraction of sp³-hybridized carbons (Fsp3) is 0.972. The summed E-state index contributed by atoms with van der Waals surface area (Å²) in [5, 5.41) is 33.8. The molecule has 1 saturated heterocycles. The van der Waals surface area contributed by atoms with E-state index < -0.39 is 11.7 Å². The van der Waals surface area contributed by atoms with Crippen molar-refractivity contribution in [2.75, 3.05) is 0 Å². The van der Waals surface area contributed by atoms with E-state index in [1.54, 1.807) is 0 Å². The van der Waals surface area contributed by atoms with Gasteiger partial charge in [-0.2, -0.15) is 0 Å². The first-order valence-corrected chi connectivity index (χ1v) is 17.4. The first-order chi connectivity index (χ1) is 19.5. The summed E-state index contributed by atoms with van der Waals surface area (Å²) in [6.45, 7) is 17.1. The SMILES string of the molecule is CCCC[C@@H](C)C(=O)O[C@H]1CC2C3(CC[C@]4(C)[C@@H](C5CC[C@@H](C(C)(C)O)O5)[C@@H](O)C[C@@]24C)C[C@@]32CC[C@H](O)C(C)(C)[C@H]12. The Labute approximate surface area is 254 Å². The van der Waals surface area contributed by atoms with Crippen molar-refractivity contribution in [1.29, 1.82) is 0 Å². The third kappa shape index (κ3) is 4.12. The molecule has 42 heavy (non-hydrogen) atoms. The lowest BCUT2D eigenvalue weighted by molar-refractivity contribution is -0.215. The second-order valence-electron chi connectivity index (χ2n) is 17.7. The van der Waals surface area contributed by atoms with E-state index in [0.717, 1.165) is 77.0 Å². The highest BCUT2D eigenvalue weighted by Gasteiger charge is 2.85. The van der Waals surface area contributed by atoms with Crippen molar-refractivity contribution >= 4 is 5.97 Å². The zero-order valence-corrected chi connectivity index (χ0v) is 27.7. The monoisotopic (exact) mass is 588 g/mol. The van der Waals surface area contributed by atoms with Crippen molar-refractivity contribution in [2.24, 2.45) is 50.7 Å². The first kappa shape index (κ1) is 31.3. The van der Waals surface area contributed by atoms with Crippen LogP contribution in [0.15, 0.2) is 0 Å². The molecule has 13 atom stereocenters. The third-order valence-electron chi connectivity index (χ3n) is 15.0. The van der Waals surface area contributed by atoms with Crippen LogP contribution >= 0.6 is 0 Å². The lowest BCUT2D eigenvalue weighted by Gasteiger charge is -2.64. The minimum atomic E-state index is -0.887. The van der Waals surface area contributed by atoms with E-state index in [9.17, 15) is 20.1 Å². The molecule has 3 unspecified atom stereocenters. The molecular weight excluding hydrogens is 528 g/mol. The van der Waals surface area contributed by atoms with Crippen LogP contribution in [0.5, 0.6) is 0 Å². The maximum atomic E-state index is 13.6. The Morgan fingerprint density at radius 1 is 1.02 bits per heavy atom. The first-order valence-electron chi connectivity index (χ1n) is 17.4. The summed E-state index contributed by atoms with van der Waals surface area (Å²) in [6, 6.07) is 0. The van der Waals surface area contributed by atoms with Crippen molar-refractivity contribution in [1.82, 2.24) is 0 Å². The molecule has 1 heterocycles. The van der Waals surface area contributed by atoms with Crippen LogP contribution in [0.1, 0.15) is 132 Å². The predicted octanol–water partition coefficient (Wildman–Crippen LogP) is 6.42. The van der Waals surface area contributed by atoms with E-state index in [4.69, 9.17) is 9.47 Å². The Bertz CT molecular complexity index is 1070. The highest BCUT2D eigenvalue weighted by molar-refractivity contribution is 5.72. The van der Waals surface area contributed by atoms with Gasteiger partial charge in [-0.3, -0.25) is 4.79 Å². The maximum absolute atomic E-state index is 13.6. The van der Waals surface area contributed by atoms with Crippen molar-refractivity contribution in [3.8, 4) is 0 Å². The van der Waals surface area contributed by atoms with Crippen LogP contribution in [0.2, 0.25) is 0 Å². The number of aliphatic hydroxyl groups is 3. The molecule has 6 fully saturated rings. The molecule has 3 N–H and O–H groups in total. The third-order valence-corrected chi connectivity index (χ3v) is 15.0. The lowest BCUT2D eigenvalue weighted by Crippen LogP contribution is -2.62. The number of fused-ring (bicyclic) bond motifs is 2. The Morgan fingerprint density at radius 3 is 2.38 bits per heavy atom. The van der Waals surface area contributed by atoms with Gasteiger partial charge in [0.25, 0.3) is 0 Å². The number of carbonyl (C=O) groups is 1. The highest BCUT2D eigenvalue weighted by atomic mass is 16.5. The van der Waals surface area contributed by atoms with Crippen molar-refractivity contribution in [3.63, 3.8) is 0 Å². The van der Waals surface area contributed by atoms with Crippen LogP contribution < -0.4 is 0 Å². The van der Waals surface area contributed by atoms with E-state index in [-0.39, 0.29) is 75.2 Å². The van der Waals surface area contributed by atoms with Crippen LogP contribution in [0.4, 0.5) is 0 Å². The molecule has 6 nitrogen and oxygen atoms in total. The molecule has 6 heteroatoms. The normalized spacial score (nSPS) is 51.6. The molecule has 6 aliphatic rings. The molecule has 5 saturated carbocycles. The molecule has 5 aliphatic carbocycles. The van der Waals surface area contributed by atoms with Crippen molar-refractivity contribution in [3.05, 3.63) is 0 Å². The van der Waals surface area contributed by atoms with Crippen LogP contribution in [0.25, 0.3) is 0 Å². The topological polar surface area (TPSA) is 96.2 Å². The summed E-state index contributed by atoms with van der Waals surface area (Å²) in [4.78, 5) is 13.6. The fourth-order valence-electron chi connectivity index (χ4n) is 12.6. The van der Waals surface area contributed by atoms with E-state index in [2.05, 4.69) is 34.6 Å². The Kier molecular flexibility index (Phi) is 7.38. The summed E-state index contributed by atoms with van der Waals surface area (Å²) in [5.74, 6) is 0.377. The zero-order valence-electron chi connectivity index (χ0n) is 27.7. The number of carbonyl (C=O) groups excluding carboxylic acids is 1. The Hall–Kier alpha value is -0.690. The minimum absolute atomic E-state index is 0.0410. The van der Waals surface area contributed by atoms with Gasteiger partial charge in [0.05, 0.1) is 35.9 Å². The summed E-state index contributed by atoms with van der Waals surface area (Å²) in [5.41, 5.74) is -1.10. The van der Waals surface area contributed by atoms with Gasteiger partial charge in [-0.15, -0.1) is 0 Å². The van der Waals surface area contributed by atoms with Gasteiger partial charge in [0.2, 0.25) is 0 Å². The van der Waals surface area contributed by atoms with Gasteiger partial charge in [-0.05, 0) is 111 Å². The Morgan fingerprint density at radius 2 is 1.74 bits per heavy atom. The van der Waals surface area contributed by atoms with Gasteiger partial charge in [0, 0.05) is 11.8 Å². The van der Waals surface area contributed by atoms with Crippen molar-refractivity contribution in [2.45, 2.75) is 169 Å². The average Bonchev–Trinajstić information content (AvgIpc) is 3.16. The van der Waals surface area contributed by atoms with Crippen LogP contribution in [-0.2, 0) is 14.3 Å². The highest BCUT2D eigenvalue weighted by Crippen LogP contribution is 2.89. The summed E-state index contributed by atoms with van der Waals surface area (Å²) < 4.78 is 13.2. The van der Waals surface area contributed by atoms with E-state index in [1.807, 2.05) is 20.8 Å². The van der Waals surface area contributed by atoms with E-state index in [0.29, 0.717) is 5.92 Å². The summed E-state index contributed by atoms with van der Waals surface area (Å²) in [7, 11) is 0. The molecule has 0 bridgehead atoms. The second kappa shape index (κ2) is 9.90. The Balaban J connectivity index is 1.34. The van der Waals surface area contributed by atoms with Crippen molar-refractivity contribution < 1.29 is 29.6 Å². The minimum Gasteiger partial charge on any atom is -0.462 e. The smallest absolute Gasteiger partial charge is 0.308 e. The predicted molar refractivity (Wildman–Crippen MR) is 162 cm³/mol. The number of ether oxygens (including phenoxy) is 2. The largest absolute Gasteiger partial charge is 0.462 e. The average molecular weight is 589 g/mol. The van der Waals surface area contributed by atoms with E-state index >= 15 is 0 Å². The lowest BCUT2D eigenvalue weighted by atomic mass is 9.41. The molecule has 1 aliphatic heterocycles. The quantitative estimate of drug-likeness (QED) is 0.297. The number of rotatable bonds is 7. The molecule has 0 aromatic rings. The molecule has 0 aromatic heterocycles. The van der Waals surface area contributed by atoms with Gasteiger partial charge in [0.1, 0.15) is 6.10 Å². The summed E-state index contributed by atoms with van der Waals surface area (Å²) >= 11 is 0. The molecular formula is C36H60O6. The maximum Gasteiger partial charge on any atom is 0.308 e. The standard InChI is InChI=1S/C36H60O6/c1-9-10-11-21(2)30(39)42-24-18-25-34(8)19-22(37)28(23-12-13-27(41-23)32(5,6)40)33(34,7)16-17-35(25)20-36(35)15-14-26(38)31(3,4)29(24)36/h21-29,37-38,40H,9-20H2,1-8H3/t21-,22+,23?,24+,25?,26+,27+,28-,29+,33-,34+,35?,36-/m1/s1. The molecule has 0 amide bonds. The second-order valence-corrected chi connectivity index (χ2v) is 17.7. The fourth-order valence-corrected chi connectivity index (χ4v) is 12.6. The van der Waals surface area contributed by atoms with E-state index in [1.165, 1.54) is 0 Å². The van der Waals surface area contributed by atoms with Gasteiger partial charge in [0.15, 0.2) is 0 Å². The van der Waals surface area contributed by atoms with Crippen LogP contribution in [-0.4, -0.2) is 57.4 Å². The number of hydrogen-bond acceptors (Lipinski definition) is 6. The molecule has 6 rings (SSSR count). The zero-order chi connectivity index (χ0) is 30.7. The van der Waals surface area contributed by atoms with Gasteiger partial charge < -0.3 is 24.8 Å². The molecule has 240 valence electrons. The molecule has 2 spiro atoms. The van der Waals surface area contributed by atoms with Crippen LogP contribution in [0.3, 0.4) is 0 Å². The van der Waals surface area contributed by atoms with Gasteiger partial charge >= 0.3 is 5.97 Å². The number of aliphatic hydroxyl groups excluding tert-OH is 2. The van der Waals surface area contributed by atoms with Gasteiger partial charge in [-0.25, -0.2) is 0 Å². The number of unbranched alkanes of at least 4 members (excludes halogenated alkanes) is 1. The number of hydrogen-bond donors (Lipinski definition) is 3. The number of esters is 1. The van der Waals surface area contributed by atoms with Gasteiger partial charge in [-0.1, -0.05) is 54.4 Å². The summed E-state index contributed by atoms with van der Waals surface area (Å²) in [6.07, 6.45) is 10.2. The molecule has 0 radical (unpaired) electrons. The van der Waals surface area contributed by atoms with Crippen LogP contribution in [0, 0.1) is 50.7 Å².